The van der Waals surface area contributed by atoms with Gasteiger partial charge in [-0.25, -0.2) is 0 Å². The highest BCUT2D eigenvalue weighted by atomic mass is 127. The van der Waals surface area contributed by atoms with Crippen LogP contribution < -0.4 is 5.32 Å². The first-order valence-electron chi connectivity index (χ1n) is 9.53. The van der Waals surface area contributed by atoms with E-state index in [0.29, 0.717) is 6.04 Å². The Bertz CT molecular complexity index is 534. The first kappa shape index (κ1) is 20.5. The van der Waals surface area contributed by atoms with Gasteiger partial charge in [-0.05, 0) is 57.7 Å². The molecule has 2 fully saturated rings. The van der Waals surface area contributed by atoms with Crippen LogP contribution in [0.5, 0.6) is 0 Å². The molecule has 1 aromatic rings. The number of aliphatic imine (C=N–C) groups is 1. The molecule has 4 nitrogen and oxygen atoms in total. The Balaban J connectivity index is 0.00000225. The lowest BCUT2D eigenvalue weighted by Crippen LogP contribution is -2.41. The van der Waals surface area contributed by atoms with Crippen LogP contribution in [0.2, 0.25) is 0 Å². The SMILES string of the molecule is CCNC(=NCC1CCCN1C)N1CCC(Cc2ccccc2)C1.I. The van der Waals surface area contributed by atoms with Crippen molar-refractivity contribution in [3.05, 3.63) is 35.9 Å². The summed E-state index contributed by atoms with van der Waals surface area (Å²) in [4.78, 5) is 9.88. The fourth-order valence-corrected chi connectivity index (χ4v) is 3.97. The molecule has 2 aliphatic heterocycles. The van der Waals surface area contributed by atoms with Crippen LogP contribution >= 0.6 is 24.0 Å². The zero-order valence-electron chi connectivity index (χ0n) is 15.7. The van der Waals surface area contributed by atoms with Gasteiger partial charge in [-0.15, -0.1) is 24.0 Å². The third-order valence-electron chi connectivity index (χ3n) is 5.41. The van der Waals surface area contributed by atoms with E-state index in [1.165, 1.54) is 37.8 Å². The fourth-order valence-electron chi connectivity index (χ4n) is 3.97. The zero-order chi connectivity index (χ0) is 16.8. The summed E-state index contributed by atoms with van der Waals surface area (Å²) < 4.78 is 0. The molecular weight excluding hydrogens is 423 g/mol. The predicted molar refractivity (Wildman–Crippen MR) is 117 cm³/mol. The maximum Gasteiger partial charge on any atom is 0.193 e. The molecule has 5 heteroatoms. The molecule has 2 unspecified atom stereocenters. The monoisotopic (exact) mass is 456 g/mol. The Morgan fingerprint density at radius 2 is 2.00 bits per heavy atom. The average Bonchev–Trinajstić information content (AvgIpc) is 3.22. The molecule has 2 saturated heterocycles. The normalized spacial score (nSPS) is 24.4. The lowest BCUT2D eigenvalue weighted by Gasteiger charge is -2.23. The number of hydrogen-bond donors (Lipinski definition) is 1. The van der Waals surface area contributed by atoms with Crippen molar-refractivity contribution in [2.24, 2.45) is 10.9 Å². The summed E-state index contributed by atoms with van der Waals surface area (Å²) in [5.41, 5.74) is 1.46. The van der Waals surface area contributed by atoms with Crippen molar-refractivity contribution in [1.29, 1.82) is 0 Å². The Hall–Kier alpha value is -0.820. The van der Waals surface area contributed by atoms with Gasteiger partial charge < -0.3 is 15.1 Å². The van der Waals surface area contributed by atoms with E-state index in [1.54, 1.807) is 0 Å². The molecule has 2 heterocycles. The number of likely N-dealkylation sites (N-methyl/N-ethyl adjacent to an activating group) is 1. The van der Waals surface area contributed by atoms with Crippen LogP contribution in [-0.2, 0) is 6.42 Å². The minimum atomic E-state index is 0. The van der Waals surface area contributed by atoms with E-state index in [1.807, 2.05) is 0 Å². The summed E-state index contributed by atoms with van der Waals surface area (Å²) in [7, 11) is 2.23. The van der Waals surface area contributed by atoms with Crippen LogP contribution in [-0.4, -0.2) is 61.6 Å². The maximum absolute atomic E-state index is 4.96. The summed E-state index contributed by atoms with van der Waals surface area (Å²) in [5, 5.41) is 3.51. The molecule has 0 aromatic heterocycles. The summed E-state index contributed by atoms with van der Waals surface area (Å²) >= 11 is 0. The molecule has 2 aliphatic rings. The summed E-state index contributed by atoms with van der Waals surface area (Å²) in [6.07, 6.45) is 5.05. The van der Waals surface area contributed by atoms with Gasteiger partial charge in [-0.3, -0.25) is 4.99 Å². The number of nitrogens with zero attached hydrogens (tertiary/aromatic N) is 3. The third kappa shape index (κ3) is 5.84. The van der Waals surface area contributed by atoms with Gasteiger partial charge in [-0.2, -0.15) is 0 Å². The Morgan fingerprint density at radius 1 is 1.20 bits per heavy atom. The van der Waals surface area contributed by atoms with Crippen molar-refractivity contribution >= 4 is 29.9 Å². The second-order valence-corrected chi connectivity index (χ2v) is 7.26. The summed E-state index contributed by atoms with van der Waals surface area (Å²) in [6.45, 7) is 7.51. The van der Waals surface area contributed by atoms with Gasteiger partial charge in [0.1, 0.15) is 0 Å². The fraction of sp³-hybridized carbons (Fsp3) is 0.650. The highest BCUT2D eigenvalue weighted by Crippen LogP contribution is 2.21. The van der Waals surface area contributed by atoms with Crippen molar-refractivity contribution in [1.82, 2.24) is 15.1 Å². The number of likely N-dealkylation sites (tertiary alicyclic amines) is 2. The zero-order valence-corrected chi connectivity index (χ0v) is 18.0. The van der Waals surface area contributed by atoms with Crippen molar-refractivity contribution in [2.75, 3.05) is 39.8 Å². The van der Waals surface area contributed by atoms with E-state index in [4.69, 9.17) is 4.99 Å². The van der Waals surface area contributed by atoms with E-state index in [2.05, 4.69) is 59.4 Å². The predicted octanol–water partition coefficient (Wildman–Crippen LogP) is 3.23. The minimum absolute atomic E-state index is 0. The Kier molecular flexibility index (Phi) is 8.49. The number of nitrogens with one attached hydrogen (secondary N) is 1. The van der Waals surface area contributed by atoms with Gasteiger partial charge in [0.05, 0.1) is 6.54 Å². The van der Waals surface area contributed by atoms with Gasteiger partial charge >= 0.3 is 0 Å². The molecule has 0 saturated carbocycles. The second kappa shape index (κ2) is 10.4. The third-order valence-corrected chi connectivity index (χ3v) is 5.41. The van der Waals surface area contributed by atoms with E-state index in [9.17, 15) is 0 Å². The number of rotatable bonds is 5. The Labute approximate surface area is 170 Å². The number of hydrogen-bond acceptors (Lipinski definition) is 2. The molecule has 0 bridgehead atoms. The molecule has 0 radical (unpaired) electrons. The number of halogens is 1. The van der Waals surface area contributed by atoms with E-state index < -0.39 is 0 Å². The largest absolute Gasteiger partial charge is 0.357 e. The lowest BCUT2D eigenvalue weighted by atomic mass is 9.99. The molecule has 25 heavy (non-hydrogen) atoms. The van der Waals surface area contributed by atoms with Crippen LogP contribution in [0.4, 0.5) is 0 Å². The van der Waals surface area contributed by atoms with Gasteiger partial charge in [0, 0.05) is 25.7 Å². The van der Waals surface area contributed by atoms with Crippen LogP contribution in [0.15, 0.2) is 35.3 Å². The molecule has 0 amide bonds. The van der Waals surface area contributed by atoms with Crippen molar-refractivity contribution < 1.29 is 0 Å². The van der Waals surface area contributed by atoms with E-state index in [0.717, 1.165) is 38.1 Å². The topological polar surface area (TPSA) is 30.9 Å². The summed E-state index contributed by atoms with van der Waals surface area (Å²) in [5.74, 6) is 1.86. The van der Waals surface area contributed by atoms with Crippen LogP contribution in [0.1, 0.15) is 31.7 Å². The second-order valence-electron chi connectivity index (χ2n) is 7.26. The minimum Gasteiger partial charge on any atom is -0.357 e. The molecule has 140 valence electrons. The first-order chi connectivity index (χ1) is 11.8. The molecule has 2 atom stereocenters. The van der Waals surface area contributed by atoms with E-state index >= 15 is 0 Å². The van der Waals surface area contributed by atoms with Crippen LogP contribution in [0.25, 0.3) is 0 Å². The molecule has 0 aliphatic carbocycles. The van der Waals surface area contributed by atoms with Gasteiger partial charge in [0.25, 0.3) is 0 Å². The first-order valence-corrected chi connectivity index (χ1v) is 9.53. The van der Waals surface area contributed by atoms with Gasteiger partial charge in [0.15, 0.2) is 5.96 Å². The van der Waals surface area contributed by atoms with Crippen molar-refractivity contribution in [3.63, 3.8) is 0 Å². The van der Waals surface area contributed by atoms with Gasteiger partial charge in [-0.1, -0.05) is 30.3 Å². The highest BCUT2D eigenvalue weighted by Gasteiger charge is 2.26. The molecule has 3 rings (SSSR count). The number of benzene rings is 1. The molecular formula is C20H33IN4. The van der Waals surface area contributed by atoms with Gasteiger partial charge in [0.2, 0.25) is 0 Å². The smallest absolute Gasteiger partial charge is 0.193 e. The molecule has 1 aromatic carbocycles. The molecule has 0 spiro atoms. The average molecular weight is 456 g/mol. The molecule has 1 N–H and O–H groups in total. The summed E-state index contributed by atoms with van der Waals surface area (Å²) in [6, 6.07) is 11.5. The number of guanidine groups is 1. The van der Waals surface area contributed by atoms with Crippen molar-refractivity contribution in [3.8, 4) is 0 Å². The maximum atomic E-state index is 4.96. The lowest BCUT2D eigenvalue weighted by molar-refractivity contribution is 0.316. The quantitative estimate of drug-likeness (QED) is 0.420. The van der Waals surface area contributed by atoms with Crippen LogP contribution in [0.3, 0.4) is 0 Å². The standard InChI is InChI=1S/C20H32N4.HI/c1-3-21-20(22-15-19-10-7-12-23(19)2)24-13-11-18(16-24)14-17-8-5-4-6-9-17;/h4-6,8-9,18-19H,3,7,10-16H2,1-2H3,(H,21,22);1H. The Morgan fingerprint density at radius 3 is 2.68 bits per heavy atom. The van der Waals surface area contributed by atoms with Crippen LogP contribution in [0, 0.1) is 5.92 Å². The van der Waals surface area contributed by atoms with Crippen molar-refractivity contribution in [2.45, 2.75) is 38.6 Å². The van der Waals surface area contributed by atoms with E-state index in [-0.39, 0.29) is 24.0 Å². The highest BCUT2D eigenvalue weighted by molar-refractivity contribution is 14.0.